The molecule has 0 unspecified atom stereocenters. The Morgan fingerprint density at radius 3 is 2.56 bits per heavy atom. The van der Waals surface area contributed by atoms with Gasteiger partial charge in [0.05, 0.1) is 28.8 Å². The van der Waals surface area contributed by atoms with Gasteiger partial charge < -0.3 is 24.5 Å². The van der Waals surface area contributed by atoms with E-state index in [1.54, 1.807) is 43.1 Å². The lowest BCUT2D eigenvalue weighted by atomic mass is 10.1. The molecule has 4 heterocycles. The highest BCUT2D eigenvalue weighted by molar-refractivity contribution is 7.69. The first-order valence-corrected chi connectivity index (χ1v) is 14.4. The minimum absolute atomic E-state index is 0.196. The summed E-state index contributed by atoms with van der Waals surface area (Å²) >= 11 is 0. The number of aryl methyl sites for hydroxylation is 1. The summed E-state index contributed by atoms with van der Waals surface area (Å²) in [6.07, 6.45) is 4.78. The monoisotopic (exact) mass is 509 g/mol. The van der Waals surface area contributed by atoms with E-state index in [9.17, 15) is 13.8 Å². The Labute approximate surface area is 208 Å². The minimum atomic E-state index is -2.68. The van der Waals surface area contributed by atoms with Crippen molar-refractivity contribution in [1.82, 2.24) is 24.7 Å². The molecule has 2 N–H and O–H groups in total. The zero-order valence-electron chi connectivity index (χ0n) is 20.9. The van der Waals surface area contributed by atoms with Crippen LogP contribution in [0.4, 0.5) is 15.8 Å². The summed E-state index contributed by atoms with van der Waals surface area (Å²) in [7, 11) is -2.68. The quantitative estimate of drug-likeness (QED) is 0.406. The van der Waals surface area contributed by atoms with E-state index < -0.39 is 18.9 Å². The molecule has 9 nitrogen and oxygen atoms in total. The highest BCUT2D eigenvalue weighted by Gasteiger charge is 2.26. The van der Waals surface area contributed by atoms with Gasteiger partial charge in [0.25, 0.3) is 5.91 Å². The molecule has 2 atom stereocenters. The predicted molar refractivity (Wildman–Crippen MR) is 141 cm³/mol. The van der Waals surface area contributed by atoms with Gasteiger partial charge in [-0.2, -0.15) is 0 Å². The van der Waals surface area contributed by atoms with Gasteiger partial charge in [-0.15, -0.1) is 0 Å². The van der Waals surface area contributed by atoms with E-state index in [0.717, 1.165) is 18.8 Å². The van der Waals surface area contributed by atoms with Crippen LogP contribution in [0.2, 0.25) is 0 Å². The lowest BCUT2D eigenvalue weighted by molar-refractivity contribution is 0.102. The number of carbonyl (C=O) groups excluding carboxylic acids is 1. The van der Waals surface area contributed by atoms with Crippen LogP contribution in [0.1, 0.15) is 29.9 Å². The lowest BCUT2D eigenvalue weighted by Gasteiger charge is -2.38. The Balaban J connectivity index is 1.58. The first-order valence-electron chi connectivity index (χ1n) is 11.8. The molecule has 3 aromatic heterocycles. The van der Waals surface area contributed by atoms with Gasteiger partial charge in [-0.3, -0.25) is 9.78 Å². The van der Waals surface area contributed by atoms with E-state index in [2.05, 4.69) is 39.3 Å². The number of pyridine rings is 1. The number of piperazine rings is 1. The van der Waals surface area contributed by atoms with Crippen LogP contribution < -0.4 is 21.0 Å². The topological polar surface area (TPSA) is 105 Å². The number of anilines is 2. The molecule has 1 fully saturated rings. The number of hydrogen-bond donors (Lipinski definition) is 2. The van der Waals surface area contributed by atoms with Crippen molar-refractivity contribution in [3.63, 3.8) is 0 Å². The summed E-state index contributed by atoms with van der Waals surface area (Å²) in [6, 6.07) is 5.35. The van der Waals surface area contributed by atoms with Gasteiger partial charge in [-0.25, -0.2) is 14.4 Å². The van der Waals surface area contributed by atoms with Crippen molar-refractivity contribution in [3.8, 4) is 0 Å². The summed E-state index contributed by atoms with van der Waals surface area (Å²) in [6.45, 7) is 10.8. The standard InChI is InChI=1S/C25H29FN7O2P/c1-14-10-32(11-15(2)28-14)20-7-6-18(22-23(20)31-21(9-27-22)36(4,5)35)25(34)30-17-8-19(26)24-29-16(3)12-33(24)13-17/h6-9,12-15,28H,10-11H2,1-5H3,(H,30,34)/t14-,15+. The number of carbonyl (C=O) groups is 1. The Bertz CT molecular complexity index is 1540. The molecule has 0 radical (unpaired) electrons. The van der Waals surface area contributed by atoms with Crippen molar-refractivity contribution in [2.45, 2.75) is 32.9 Å². The first-order chi connectivity index (χ1) is 17.0. The van der Waals surface area contributed by atoms with E-state index in [4.69, 9.17) is 4.98 Å². The SMILES string of the molecule is Cc1cn2cc(NC(=O)c3ccc(N4C[C@@H](C)N[C@@H](C)C4)c4nc(P(C)(C)=O)cnc34)cc(F)c2n1. The molecule has 1 aliphatic heterocycles. The zero-order chi connectivity index (χ0) is 25.8. The number of benzene rings is 1. The van der Waals surface area contributed by atoms with Crippen LogP contribution in [0.3, 0.4) is 0 Å². The summed E-state index contributed by atoms with van der Waals surface area (Å²) in [5, 5.41) is 6.29. The number of imidazole rings is 1. The molecule has 1 aliphatic rings. The van der Waals surface area contributed by atoms with Crippen molar-refractivity contribution in [2.24, 2.45) is 0 Å². The van der Waals surface area contributed by atoms with Crippen molar-refractivity contribution < 1.29 is 13.8 Å². The average molecular weight is 510 g/mol. The molecular weight excluding hydrogens is 480 g/mol. The second kappa shape index (κ2) is 8.94. The molecule has 5 rings (SSSR count). The molecule has 188 valence electrons. The number of halogens is 1. The van der Waals surface area contributed by atoms with Gasteiger partial charge in [0.1, 0.15) is 23.6 Å². The van der Waals surface area contributed by atoms with Crippen LogP contribution in [0, 0.1) is 12.7 Å². The molecule has 0 aliphatic carbocycles. The second-order valence-electron chi connectivity index (χ2n) is 9.93. The Kier molecular flexibility index (Phi) is 6.04. The summed E-state index contributed by atoms with van der Waals surface area (Å²) in [5.41, 5.74) is 3.64. The van der Waals surface area contributed by atoms with Gasteiger partial charge in [0, 0.05) is 43.6 Å². The molecule has 1 aromatic carbocycles. The fraction of sp³-hybridized carbons (Fsp3) is 0.360. The third-order valence-electron chi connectivity index (χ3n) is 6.24. The lowest BCUT2D eigenvalue weighted by Crippen LogP contribution is -2.54. The maximum atomic E-state index is 14.5. The van der Waals surface area contributed by atoms with Crippen LogP contribution in [0.15, 0.2) is 36.8 Å². The van der Waals surface area contributed by atoms with Crippen LogP contribution in [0.25, 0.3) is 16.7 Å². The molecule has 11 heteroatoms. The molecule has 36 heavy (non-hydrogen) atoms. The summed E-state index contributed by atoms with van der Waals surface area (Å²) < 4.78 is 28.9. The number of aromatic nitrogens is 4. The molecule has 0 spiro atoms. The van der Waals surface area contributed by atoms with E-state index in [1.807, 2.05) is 6.07 Å². The van der Waals surface area contributed by atoms with E-state index in [0.29, 0.717) is 33.4 Å². The van der Waals surface area contributed by atoms with Crippen LogP contribution >= 0.6 is 7.14 Å². The van der Waals surface area contributed by atoms with Crippen LogP contribution in [0.5, 0.6) is 0 Å². The number of hydrogen-bond acceptors (Lipinski definition) is 7. The number of nitrogens with one attached hydrogen (secondary N) is 2. The molecule has 0 bridgehead atoms. The van der Waals surface area contributed by atoms with Crippen LogP contribution in [-0.2, 0) is 4.57 Å². The van der Waals surface area contributed by atoms with Gasteiger partial charge in [0.2, 0.25) is 0 Å². The average Bonchev–Trinajstić information content (AvgIpc) is 3.17. The highest BCUT2D eigenvalue weighted by Crippen LogP contribution is 2.35. The maximum Gasteiger partial charge on any atom is 0.257 e. The molecule has 4 aromatic rings. The largest absolute Gasteiger partial charge is 0.367 e. The number of nitrogens with zero attached hydrogens (tertiary/aromatic N) is 5. The van der Waals surface area contributed by atoms with Crippen molar-refractivity contribution in [2.75, 3.05) is 36.6 Å². The Morgan fingerprint density at radius 1 is 1.14 bits per heavy atom. The summed E-state index contributed by atoms with van der Waals surface area (Å²) in [5.74, 6) is -0.975. The molecule has 1 amide bonds. The minimum Gasteiger partial charge on any atom is -0.367 e. The number of amides is 1. The number of fused-ring (bicyclic) bond motifs is 2. The zero-order valence-corrected chi connectivity index (χ0v) is 21.8. The number of rotatable bonds is 4. The van der Waals surface area contributed by atoms with Gasteiger partial charge in [-0.1, -0.05) is 0 Å². The fourth-order valence-corrected chi connectivity index (χ4v) is 5.42. The first kappa shape index (κ1) is 24.3. The van der Waals surface area contributed by atoms with E-state index in [-0.39, 0.29) is 17.7 Å². The van der Waals surface area contributed by atoms with Gasteiger partial charge in [0.15, 0.2) is 11.5 Å². The summed E-state index contributed by atoms with van der Waals surface area (Å²) in [4.78, 5) is 29.0. The van der Waals surface area contributed by atoms with Gasteiger partial charge in [-0.05, 0) is 46.2 Å². The smallest absolute Gasteiger partial charge is 0.257 e. The third kappa shape index (κ3) is 4.58. The second-order valence-corrected chi connectivity index (χ2v) is 13.1. The van der Waals surface area contributed by atoms with Crippen molar-refractivity contribution in [1.29, 1.82) is 0 Å². The van der Waals surface area contributed by atoms with E-state index in [1.165, 1.54) is 12.3 Å². The van der Waals surface area contributed by atoms with Crippen molar-refractivity contribution in [3.05, 3.63) is 53.9 Å². The van der Waals surface area contributed by atoms with Crippen molar-refractivity contribution >= 4 is 46.5 Å². The predicted octanol–water partition coefficient (Wildman–Crippen LogP) is 3.41. The molecule has 1 saturated heterocycles. The Morgan fingerprint density at radius 2 is 1.86 bits per heavy atom. The maximum absolute atomic E-state index is 14.5. The van der Waals surface area contributed by atoms with E-state index >= 15 is 0 Å². The fourth-order valence-electron chi connectivity index (χ4n) is 4.74. The third-order valence-corrected chi connectivity index (χ3v) is 7.56. The molecular formula is C25H29FN7O2P. The normalized spacial score (nSPS) is 18.7. The molecule has 0 saturated carbocycles. The van der Waals surface area contributed by atoms with Crippen LogP contribution in [-0.4, -0.2) is 63.8 Å². The highest BCUT2D eigenvalue weighted by atomic mass is 31.2. The Hall–Kier alpha value is -3.36. The van der Waals surface area contributed by atoms with Gasteiger partial charge >= 0.3 is 0 Å².